The smallest absolute Gasteiger partial charge is 0.483 e. The Morgan fingerprint density at radius 1 is 1.22 bits per heavy atom. The van der Waals surface area contributed by atoms with Crippen LogP contribution in [0.3, 0.4) is 0 Å². The summed E-state index contributed by atoms with van der Waals surface area (Å²) in [6.07, 6.45) is -0.373. The van der Waals surface area contributed by atoms with E-state index >= 15 is 0 Å². The number of hydrogen-bond donors (Lipinski definition) is 1. The van der Waals surface area contributed by atoms with Crippen molar-refractivity contribution in [3.63, 3.8) is 0 Å². The van der Waals surface area contributed by atoms with E-state index in [0.717, 1.165) is 15.9 Å². The Bertz CT molecular complexity index is 1160. The van der Waals surface area contributed by atoms with Gasteiger partial charge in [-0.3, -0.25) is 4.98 Å². The maximum absolute atomic E-state index is 12.9. The first-order chi connectivity index (χ1) is 15.1. The second-order valence-electron chi connectivity index (χ2n) is 8.99. The highest BCUT2D eigenvalue weighted by atomic mass is 32.1. The number of fused-ring (bicyclic) bond motifs is 1. The number of carbonyl (C=O) groups is 2. The van der Waals surface area contributed by atoms with Gasteiger partial charge in [0.05, 0.1) is 21.6 Å². The van der Waals surface area contributed by atoms with Crippen molar-refractivity contribution in [2.75, 3.05) is 6.54 Å². The molecule has 1 saturated heterocycles. The Balaban J connectivity index is 1.66. The van der Waals surface area contributed by atoms with Gasteiger partial charge in [0.2, 0.25) is 0 Å². The molecule has 4 heterocycles. The van der Waals surface area contributed by atoms with Crippen LogP contribution in [0.25, 0.3) is 21.6 Å². The minimum atomic E-state index is -1.23. The summed E-state index contributed by atoms with van der Waals surface area (Å²) < 4.78 is 11.9. The van der Waals surface area contributed by atoms with E-state index < -0.39 is 34.4 Å². The summed E-state index contributed by atoms with van der Waals surface area (Å²) in [5.74, 6) is 0.609. The average molecular weight is 457 g/mol. The lowest BCUT2D eigenvalue weighted by Crippen LogP contribution is -2.60. The summed E-state index contributed by atoms with van der Waals surface area (Å²) in [4.78, 5) is 34.3. The third-order valence-corrected chi connectivity index (χ3v) is 6.42. The van der Waals surface area contributed by atoms with E-state index in [2.05, 4.69) is 9.97 Å². The number of aromatic nitrogens is 2. The number of imide groups is 1. The van der Waals surface area contributed by atoms with Gasteiger partial charge in [0.1, 0.15) is 23.9 Å². The number of ether oxygens (including phenoxy) is 2. The Labute approximate surface area is 190 Å². The fraction of sp³-hybridized carbons (Fsp3) is 0.391. The van der Waals surface area contributed by atoms with E-state index in [0.29, 0.717) is 17.9 Å². The minimum Gasteiger partial charge on any atom is -0.483 e. The Morgan fingerprint density at radius 2 is 2.00 bits per heavy atom. The number of carbonyl (C=O) groups excluding carboxylic acids is 1. The van der Waals surface area contributed by atoms with Gasteiger partial charge >= 0.3 is 12.2 Å². The number of quaternary nitrogens is 1. The highest BCUT2D eigenvalue weighted by Gasteiger charge is 2.59. The highest BCUT2D eigenvalue weighted by Crippen LogP contribution is 2.37. The lowest BCUT2D eigenvalue weighted by atomic mass is 10.2. The Hall–Kier alpha value is -3.04. The number of nitrogens with zero attached hydrogens (tertiary/aromatic N) is 3. The molecule has 0 bridgehead atoms. The highest BCUT2D eigenvalue weighted by molar-refractivity contribution is 7.17. The van der Waals surface area contributed by atoms with Gasteiger partial charge in [-0.05, 0) is 51.3 Å². The molecular formula is C23H26N3O5S+. The van der Waals surface area contributed by atoms with Crippen LogP contribution in [-0.2, 0) is 4.74 Å². The molecule has 1 aliphatic rings. The summed E-state index contributed by atoms with van der Waals surface area (Å²) in [6.45, 7) is 6.90. The van der Waals surface area contributed by atoms with Crippen LogP contribution in [0.15, 0.2) is 41.9 Å². The molecule has 0 aliphatic carbocycles. The third kappa shape index (κ3) is 4.05. The van der Waals surface area contributed by atoms with E-state index in [-0.39, 0.29) is 6.54 Å². The number of thiophene rings is 1. The van der Waals surface area contributed by atoms with Gasteiger partial charge in [0, 0.05) is 18.7 Å². The van der Waals surface area contributed by atoms with Crippen LogP contribution in [0.1, 0.15) is 34.1 Å². The number of carboxylic acid groups (broad SMARTS) is 1. The van der Waals surface area contributed by atoms with Gasteiger partial charge in [0.25, 0.3) is 0 Å². The molecule has 3 aromatic heterocycles. The molecule has 32 heavy (non-hydrogen) atoms. The lowest BCUT2D eigenvalue weighted by molar-refractivity contribution is -0.797. The van der Waals surface area contributed by atoms with Gasteiger partial charge in [0.15, 0.2) is 6.10 Å². The predicted octanol–water partition coefficient (Wildman–Crippen LogP) is 5.33. The zero-order valence-electron chi connectivity index (χ0n) is 18.4. The molecule has 0 aromatic carbocycles. The molecule has 9 heteroatoms. The summed E-state index contributed by atoms with van der Waals surface area (Å²) >= 11 is 1.50. The summed E-state index contributed by atoms with van der Waals surface area (Å²) in [7, 11) is 0. The van der Waals surface area contributed by atoms with Gasteiger partial charge < -0.3 is 14.6 Å². The largest absolute Gasteiger partial charge is 0.527 e. The molecule has 2 amide bonds. The molecule has 8 nitrogen and oxygen atoms in total. The summed E-state index contributed by atoms with van der Waals surface area (Å²) in [5, 5.41) is 11.9. The van der Waals surface area contributed by atoms with Crippen LogP contribution in [0, 0.1) is 0 Å². The molecule has 1 N–H and O–H groups in total. The zero-order valence-corrected chi connectivity index (χ0v) is 19.3. The van der Waals surface area contributed by atoms with Crippen LogP contribution in [0.5, 0.6) is 5.75 Å². The lowest BCUT2D eigenvalue weighted by Gasteiger charge is -2.31. The molecule has 0 spiro atoms. The molecule has 3 aromatic rings. The van der Waals surface area contributed by atoms with Crippen molar-refractivity contribution in [3.8, 4) is 17.1 Å². The normalized spacial score (nSPS) is 23.2. The van der Waals surface area contributed by atoms with Crippen molar-refractivity contribution in [2.45, 2.75) is 51.9 Å². The summed E-state index contributed by atoms with van der Waals surface area (Å²) in [5.41, 5.74) is 1.38. The molecule has 168 valence electrons. The Morgan fingerprint density at radius 3 is 2.66 bits per heavy atom. The van der Waals surface area contributed by atoms with Crippen LogP contribution in [0.2, 0.25) is 0 Å². The number of rotatable bonds is 3. The number of likely N-dealkylation sites (tertiary alicyclic amines) is 1. The minimum absolute atomic E-state index is 0.0144. The van der Waals surface area contributed by atoms with Crippen LogP contribution < -0.4 is 4.74 Å². The number of amides is 2. The first-order valence-corrected chi connectivity index (χ1v) is 11.3. The molecule has 2 unspecified atom stereocenters. The second-order valence-corrected chi connectivity index (χ2v) is 9.91. The molecule has 0 radical (unpaired) electrons. The number of hydrogen-bond acceptors (Lipinski definition) is 7. The topological polar surface area (TPSA) is 98.6 Å². The first-order valence-electron chi connectivity index (χ1n) is 10.4. The SMILES string of the molecule is CC1C[C@@H](Oc2cc(-c3ccccn3)nc3ccsc23)C[N+]1(C(=O)O)C(=O)OC(C)(C)C. The van der Waals surface area contributed by atoms with Crippen molar-refractivity contribution in [1.29, 1.82) is 0 Å². The van der Waals surface area contributed by atoms with Crippen molar-refractivity contribution in [2.24, 2.45) is 0 Å². The molecule has 3 atom stereocenters. The third-order valence-electron chi connectivity index (χ3n) is 5.51. The predicted molar refractivity (Wildman–Crippen MR) is 121 cm³/mol. The second kappa shape index (κ2) is 8.14. The molecule has 4 rings (SSSR count). The standard InChI is InChI=1S/C23H25N3O5S/c1-14-11-15(13-26(14,21(27)28)22(29)31-23(2,3)4)30-19-12-18(16-7-5-6-9-24-16)25-17-8-10-32-20(17)19/h5-10,12,14-15H,11,13H2,1-4H3/p+1/t14?,15-,26?/m1/s1. The maximum atomic E-state index is 12.9. The van der Waals surface area contributed by atoms with Gasteiger partial charge in [-0.25, -0.2) is 4.98 Å². The van der Waals surface area contributed by atoms with Crippen LogP contribution in [0.4, 0.5) is 9.59 Å². The van der Waals surface area contributed by atoms with E-state index in [1.807, 2.05) is 35.7 Å². The average Bonchev–Trinajstić information content (AvgIpc) is 3.32. The van der Waals surface area contributed by atoms with E-state index in [1.165, 1.54) is 11.3 Å². The first kappa shape index (κ1) is 22.2. The number of pyridine rings is 2. The Kier molecular flexibility index (Phi) is 5.64. The van der Waals surface area contributed by atoms with Crippen molar-refractivity contribution in [3.05, 3.63) is 41.9 Å². The van der Waals surface area contributed by atoms with Crippen molar-refractivity contribution < 1.29 is 28.7 Å². The summed E-state index contributed by atoms with van der Waals surface area (Å²) in [6, 6.07) is 8.84. The van der Waals surface area contributed by atoms with Gasteiger partial charge in [-0.1, -0.05) is 6.07 Å². The quantitative estimate of drug-likeness (QED) is 0.532. The van der Waals surface area contributed by atoms with E-state index in [1.54, 1.807) is 33.9 Å². The molecule has 0 saturated carbocycles. The van der Waals surface area contributed by atoms with Crippen LogP contribution in [-0.4, -0.2) is 56.0 Å². The molecular weight excluding hydrogens is 430 g/mol. The van der Waals surface area contributed by atoms with Crippen molar-refractivity contribution in [1.82, 2.24) is 9.97 Å². The van der Waals surface area contributed by atoms with Crippen molar-refractivity contribution >= 4 is 33.7 Å². The van der Waals surface area contributed by atoms with E-state index in [4.69, 9.17) is 9.47 Å². The maximum Gasteiger partial charge on any atom is 0.527 e. The van der Waals surface area contributed by atoms with Gasteiger partial charge in [-0.2, -0.15) is 9.59 Å². The molecule has 1 fully saturated rings. The molecule has 1 aliphatic heterocycles. The zero-order chi connectivity index (χ0) is 23.1. The monoisotopic (exact) mass is 456 g/mol. The van der Waals surface area contributed by atoms with Crippen LogP contribution >= 0.6 is 11.3 Å². The van der Waals surface area contributed by atoms with E-state index in [9.17, 15) is 14.7 Å². The fourth-order valence-electron chi connectivity index (χ4n) is 4.00. The van der Waals surface area contributed by atoms with Gasteiger partial charge in [-0.15, -0.1) is 15.8 Å². The fourth-order valence-corrected chi connectivity index (χ4v) is 4.79.